The molecule has 3 nitrogen and oxygen atoms in total. The molecule has 14 heavy (non-hydrogen) atoms. The first-order valence-corrected chi connectivity index (χ1v) is 4.31. The van der Waals surface area contributed by atoms with Crippen LogP contribution in [0, 0.1) is 5.82 Å². The van der Waals surface area contributed by atoms with Crippen molar-refractivity contribution in [3.8, 4) is 5.88 Å². The summed E-state index contributed by atoms with van der Waals surface area (Å²) in [5, 5.41) is 2.86. The maximum Gasteiger partial charge on any atom is 0.251 e. The zero-order valence-corrected chi connectivity index (χ0v) is 8.09. The van der Waals surface area contributed by atoms with Crippen LogP contribution < -0.4 is 10.1 Å². The summed E-state index contributed by atoms with van der Waals surface area (Å²) in [7, 11) is 1.75. The van der Waals surface area contributed by atoms with Crippen molar-refractivity contribution >= 4 is 0 Å². The lowest BCUT2D eigenvalue weighted by molar-refractivity contribution is 0.324. The third-order valence-electron chi connectivity index (χ3n) is 1.64. The summed E-state index contributed by atoms with van der Waals surface area (Å²) < 4.78 is 18.6. The Morgan fingerprint density at radius 2 is 2.50 bits per heavy atom. The van der Waals surface area contributed by atoms with Gasteiger partial charge in [0.05, 0.1) is 0 Å². The van der Waals surface area contributed by atoms with E-state index in [-0.39, 0.29) is 12.5 Å². The summed E-state index contributed by atoms with van der Waals surface area (Å²) in [6.07, 6.45) is 3.07. The fraction of sp³-hybridized carbons (Fsp3) is 0.300. The van der Waals surface area contributed by atoms with Crippen LogP contribution in [0.1, 0.15) is 5.56 Å². The Hall–Kier alpha value is -1.42. The van der Waals surface area contributed by atoms with Crippen LogP contribution in [-0.4, -0.2) is 18.6 Å². The van der Waals surface area contributed by atoms with Crippen molar-refractivity contribution in [2.75, 3.05) is 13.7 Å². The van der Waals surface area contributed by atoms with Crippen LogP contribution >= 0.6 is 0 Å². The lowest BCUT2D eigenvalue weighted by atomic mass is 10.2. The highest BCUT2D eigenvalue weighted by molar-refractivity contribution is 5.23. The van der Waals surface area contributed by atoms with E-state index in [0.29, 0.717) is 12.1 Å². The molecule has 0 aromatic carbocycles. The van der Waals surface area contributed by atoms with Gasteiger partial charge in [-0.15, -0.1) is 0 Å². The molecule has 0 atom stereocenters. The number of hydrogen-bond acceptors (Lipinski definition) is 3. The van der Waals surface area contributed by atoms with E-state index in [2.05, 4.69) is 16.9 Å². The fourth-order valence-electron chi connectivity index (χ4n) is 1.03. The molecule has 0 amide bonds. The van der Waals surface area contributed by atoms with E-state index in [1.165, 1.54) is 6.20 Å². The average molecular weight is 196 g/mol. The monoisotopic (exact) mass is 196 g/mol. The zero-order chi connectivity index (χ0) is 10.4. The molecule has 0 radical (unpaired) electrons. The van der Waals surface area contributed by atoms with Crippen molar-refractivity contribution in [1.82, 2.24) is 10.3 Å². The molecule has 0 aliphatic rings. The zero-order valence-electron chi connectivity index (χ0n) is 8.09. The number of rotatable bonds is 5. The number of hydrogen-bond donors (Lipinski definition) is 1. The minimum absolute atomic E-state index is 0.0256. The van der Waals surface area contributed by atoms with Crippen molar-refractivity contribution in [3.05, 3.63) is 36.3 Å². The topological polar surface area (TPSA) is 34.1 Å². The number of pyridine rings is 1. The maximum atomic E-state index is 13.5. The Labute approximate surface area is 82.6 Å². The van der Waals surface area contributed by atoms with E-state index in [9.17, 15) is 4.39 Å². The molecule has 1 heterocycles. The van der Waals surface area contributed by atoms with Gasteiger partial charge in [-0.25, -0.2) is 9.37 Å². The minimum atomic E-state index is -0.413. The molecule has 0 spiro atoms. The van der Waals surface area contributed by atoms with Crippen LogP contribution in [0.25, 0.3) is 0 Å². The molecule has 0 aliphatic heterocycles. The van der Waals surface area contributed by atoms with E-state index in [1.807, 2.05) is 0 Å². The predicted molar refractivity (Wildman–Crippen MR) is 52.7 cm³/mol. The lowest BCUT2D eigenvalue weighted by Crippen LogP contribution is -2.09. The number of nitrogens with zero attached hydrogens (tertiary/aromatic N) is 1. The molecule has 0 saturated heterocycles. The van der Waals surface area contributed by atoms with Gasteiger partial charge in [0.15, 0.2) is 5.82 Å². The lowest BCUT2D eigenvalue weighted by Gasteiger charge is -2.06. The van der Waals surface area contributed by atoms with Crippen molar-refractivity contribution < 1.29 is 9.13 Å². The number of ether oxygens (including phenoxy) is 1. The molecule has 0 unspecified atom stereocenters. The van der Waals surface area contributed by atoms with Crippen molar-refractivity contribution in [2.45, 2.75) is 6.54 Å². The number of aromatic nitrogens is 1. The second kappa shape index (κ2) is 5.34. The highest BCUT2D eigenvalue weighted by atomic mass is 19.1. The number of nitrogens with one attached hydrogen (secondary N) is 1. The van der Waals surface area contributed by atoms with E-state index < -0.39 is 5.82 Å². The molecule has 76 valence electrons. The molecule has 1 aromatic heterocycles. The Kier molecular flexibility index (Phi) is 4.07. The Balaban J connectivity index is 2.83. The Morgan fingerprint density at radius 3 is 3.14 bits per heavy atom. The van der Waals surface area contributed by atoms with Gasteiger partial charge in [0.1, 0.15) is 6.61 Å². The maximum absolute atomic E-state index is 13.5. The third-order valence-corrected chi connectivity index (χ3v) is 1.64. The van der Waals surface area contributed by atoms with E-state index in [4.69, 9.17) is 4.74 Å². The van der Waals surface area contributed by atoms with Gasteiger partial charge >= 0.3 is 0 Å². The Bertz CT molecular complexity index is 315. The second-order valence-electron chi connectivity index (χ2n) is 2.72. The van der Waals surface area contributed by atoms with E-state index in [1.54, 1.807) is 19.2 Å². The van der Waals surface area contributed by atoms with Gasteiger partial charge in [-0.1, -0.05) is 12.7 Å². The van der Waals surface area contributed by atoms with Gasteiger partial charge in [-0.3, -0.25) is 0 Å². The summed E-state index contributed by atoms with van der Waals surface area (Å²) in [6.45, 7) is 4.19. The molecule has 0 aliphatic carbocycles. The summed E-state index contributed by atoms with van der Waals surface area (Å²) in [5.74, 6) is -0.388. The fourth-order valence-corrected chi connectivity index (χ4v) is 1.03. The molecule has 1 rings (SSSR count). The van der Waals surface area contributed by atoms with Crippen LogP contribution in [0.15, 0.2) is 24.9 Å². The van der Waals surface area contributed by atoms with Gasteiger partial charge in [0, 0.05) is 18.3 Å². The summed E-state index contributed by atoms with van der Waals surface area (Å²) in [5.41, 5.74) is 0.543. The molecule has 4 heteroatoms. The summed E-state index contributed by atoms with van der Waals surface area (Å²) >= 11 is 0. The summed E-state index contributed by atoms with van der Waals surface area (Å²) in [4.78, 5) is 3.79. The van der Waals surface area contributed by atoms with Crippen LogP contribution in [0.2, 0.25) is 0 Å². The normalized spacial score (nSPS) is 9.86. The second-order valence-corrected chi connectivity index (χ2v) is 2.72. The average Bonchev–Trinajstić information content (AvgIpc) is 2.20. The summed E-state index contributed by atoms with van der Waals surface area (Å²) in [6, 6.07) is 1.62. The first-order chi connectivity index (χ1) is 6.79. The van der Waals surface area contributed by atoms with Gasteiger partial charge in [-0.2, -0.15) is 0 Å². The van der Waals surface area contributed by atoms with Crippen molar-refractivity contribution in [2.24, 2.45) is 0 Å². The quantitative estimate of drug-likeness (QED) is 0.725. The first-order valence-electron chi connectivity index (χ1n) is 4.31. The first kappa shape index (κ1) is 10.7. The third kappa shape index (κ3) is 2.53. The van der Waals surface area contributed by atoms with Gasteiger partial charge < -0.3 is 10.1 Å². The smallest absolute Gasteiger partial charge is 0.251 e. The van der Waals surface area contributed by atoms with Crippen molar-refractivity contribution in [3.63, 3.8) is 0 Å². The molecular formula is C10H13FN2O. The van der Waals surface area contributed by atoms with E-state index in [0.717, 1.165) is 0 Å². The predicted octanol–water partition coefficient (Wildman–Crippen LogP) is 1.50. The molecule has 0 bridgehead atoms. The van der Waals surface area contributed by atoms with Gasteiger partial charge in [0.2, 0.25) is 0 Å². The SMILES string of the molecule is C=CCOc1nccc(CNC)c1F. The largest absolute Gasteiger partial charge is 0.471 e. The van der Waals surface area contributed by atoms with Crippen LogP contribution in [-0.2, 0) is 6.54 Å². The molecule has 0 saturated carbocycles. The highest BCUT2D eigenvalue weighted by Crippen LogP contribution is 2.16. The van der Waals surface area contributed by atoms with E-state index >= 15 is 0 Å². The molecule has 1 N–H and O–H groups in total. The Morgan fingerprint density at radius 1 is 1.71 bits per heavy atom. The van der Waals surface area contributed by atoms with Crippen molar-refractivity contribution in [1.29, 1.82) is 0 Å². The minimum Gasteiger partial charge on any atom is -0.471 e. The number of halogens is 1. The molecular weight excluding hydrogens is 183 g/mol. The van der Waals surface area contributed by atoms with Gasteiger partial charge in [-0.05, 0) is 13.1 Å². The standard InChI is InChI=1S/C10H13FN2O/c1-3-6-14-10-9(11)8(7-12-2)4-5-13-10/h3-5,12H,1,6-7H2,2H3. The van der Waals surface area contributed by atoms with Crippen LogP contribution in [0.4, 0.5) is 4.39 Å². The molecule has 1 aromatic rings. The van der Waals surface area contributed by atoms with Crippen LogP contribution in [0.3, 0.4) is 0 Å². The molecule has 0 fully saturated rings. The highest BCUT2D eigenvalue weighted by Gasteiger charge is 2.08. The van der Waals surface area contributed by atoms with Gasteiger partial charge in [0.25, 0.3) is 5.88 Å². The van der Waals surface area contributed by atoms with Crippen LogP contribution in [0.5, 0.6) is 5.88 Å².